The topological polar surface area (TPSA) is 39.1 Å². The van der Waals surface area contributed by atoms with Crippen molar-refractivity contribution >= 4 is 0 Å². The molecule has 0 saturated carbocycles. The number of aromatic nitrogens is 2. The third kappa shape index (κ3) is 3.18. The average molecular weight is 263 g/mol. The maximum atomic E-state index is 5.45. The monoisotopic (exact) mass is 263 g/mol. The summed E-state index contributed by atoms with van der Waals surface area (Å²) in [7, 11) is 4.04. The third-order valence-electron chi connectivity index (χ3n) is 4.10. The van der Waals surface area contributed by atoms with Gasteiger partial charge in [0, 0.05) is 18.8 Å². The number of nitrogens with zero attached hydrogens (tertiary/aromatic N) is 2. The van der Waals surface area contributed by atoms with Crippen LogP contribution in [-0.2, 0) is 18.2 Å². The summed E-state index contributed by atoms with van der Waals surface area (Å²) in [6.07, 6.45) is 6.40. The van der Waals surface area contributed by atoms with Crippen molar-refractivity contribution in [1.29, 1.82) is 0 Å². The molecule has 0 spiro atoms. The van der Waals surface area contributed by atoms with E-state index in [9.17, 15) is 0 Å². The zero-order chi connectivity index (χ0) is 13.8. The van der Waals surface area contributed by atoms with Crippen LogP contribution in [0.4, 0.5) is 0 Å². The fourth-order valence-electron chi connectivity index (χ4n) is 2.82. The van der Waals surface area contributed by atoms with Crippen molar-refractivity contribution < 1.29 is 4.74 Å². The normalized spacial score (nSPS) is 16.9. The molecule has 0 aromatic carbocycles. The van der Waals surface area contributed by atoms with E-state index in [2.05, 4.69) is 24.3 Å². The quantitative estimate of drug-likeness (QED) is 0.885. The van der Waals surface area contributed by atoms with Gasteiger partial charge < -0.3 is 10.1 Å². The Morgan fingerprint density at radius 1 is 1.47 bits per heavy atom. The Kier molecular flexibility index (Phi) is 4.64. The van der Waals surface area contributed by atoms with E-state index in [1.165, 1.54) is 16.8 Å². The minimum Gasteiger partial charge on any atom is -0.501 e. The lowest BCUT2D eigenvalue weighted by Crippen LogP contribution is -2.29. The van der Waals surface area contributed by atoms with Gasteiger partial charge in [0.1, 0.15) is 0 Å². The van der Waals surface area contributed by atoms with Gasteiger partial charge in [0.2, 0.25) is 0 Å². The molecule has 1 aromatic heterocycles. The summed E-state index contributed by atoms with van der Waals surface area (Å²) in [5.74, 6) is 0. The van der Waals surface area contributed by atoms with Gasteiger partial charge in [0.05, 0.1) is 18.6 Å². The van der Waals surface area contributed by atoms with Gasteiger partial charge in [0.25, 0.3) is 0 Å². The SMILES string of the molecule is CNC(CCc1c(C)nn(C)c1C)C1=COCCC1. The number of rotatable bonds is 5. The summed E-state index contributed by atoms with van der Waals surface area (Å²) in [4.78, 5) is 0. The fraction of sp³-hybridized carbons (Fsp3) is 0.667. The molecule has 0 radical (unpaired) electrons. The van der Waals surface area contributed by atoms with Gasteiger partial charge >= 0.3 is 0 Å². The van der Waals surface area contributed by atoms with Crippen molar-refractivity contribution in [3.8, 4) is 0 Å². The van der Waals surface area contributed by atoms with E-state index < -0.39 is 0 Å². The second-order valence-corrected chi connectivity index (χ2v) is 5.32. The Hall–Kier alpha value is -1.29. The van der Waals surface area contributed by atoms with Crippen LogP contribution in [0.25, 0.3) is 0 Å². The van der Waals surface area contributed by atoms with Crippen LogP contribution < -0.4 is 5.32 Å². The summed E-state index contributed by atoms with van der Waals surface area (Å²) in [5, 5.41) is 7.90. The Morgan fingerprint density at radius 2 is 2.26 bits per heavy atom. The molecule has 0 fully saturated rings. The molecule has 4 nitrogen and oxygen atoms in total. The highest BCUT2D eigenvalue weighted by Crippen LogP contribution is 2.21. The first-order valence-electron chi connectivity index (χ1n) is 7.10. The van der Waals surface area contributed by atoms with Crippen molar-refractivity contribution in [2.75, 3.05) is 13.7 Å². The minimum absolute atomic E-state index is 0.416. The number of hydrogen-bond acceptors (Lipinski definition) is 3. The highest BCUT2D eigenvalue weighted by atomic mass is 16.5. The first-order chi connectivity index (χ1) is 9.13. The molecule has 4 heteroatoms. The summed E-state index contributed by atoms with van der Waals surface area (Å²) in [6, 6.07) is 0.416. The molecule has 19 heavy (non-hydrogen) atoms. The Labute approximate surface area is 115 Å². The summed E-state index contributed by atoms with van der Waals surface area (Å²) < 4.78 is 7.42. The second-order valence-electron chi connectivity index (χ2n) is 5.32. The maximum absolute atomic E-state index is 5.45. The van der Waals surface area contributed by atoms with E-state index in [4.69, 9.17) is 4.74 Å². The maximum Gasteiger partial charge on any atom is 0.0876 e. The van der Waals surface area contributed by atoms with E-state index >= 15 is 0 Å². The van der Waals surface area contributed by atoms with Gasteiger partial charge in [-0.15, -0.1) is 0 Å². The molecule has 1 aromatic rings. The summed E-state index contributed by atoms with van der Waals surface area (Å²) in [5.41, 5.74) is 5.22. The summed E-state index contributed by atoms with van der Waals surface area (Å²) in [6.45, 7) is 5.10. The van der Waals surface area contributed by atoms with Crippen LogP contribution >= 0.6 is 0 Å². The van der Waals surface area contributed by atoms with Gasteiger partial charge in [-0.2, -0.15) is 5.10 Å². The molecule has 1 unspecified atom stereocenters. The first-order valence-corrected chi connectivity index (χ1v) is 7.10. The molecule has 0 bridgehead atoms. The van der Waals surface area contributed by atoms with Gasteiger partial charge in [0.15, 0.2) is 0 Å². The zero-order valence-corrected chi connectivity index (χ0v) is 12.5. The lowest BCUT2D eigenvalue weighted by Gasteiger charge is -2.23. The first kappa shape index (κ1) is 14.1. The molecular weight excluding hydrogens is 238 g/mol. The molecule has 1 atom stereocenters. The van der Waals surface area contributed by atoms with Crippen LogP contribution in [0.15, 0.2) is 11.8 Å². The molecule has 0 amide bonds. The van der Waals surface area contributed by atoms with E-state index in [1.54, 1.807) is 0 Å². The smallest absolute Gasteiger partial charge is 0.0876 e. The molecule has 1 aliphatic heterocycles. The van der Waals surface area contributed by atoms with Crippen LogP contribution in [0, 0.1) is 13.8 Å². The van der Waals surface area contributed by atoms with Crippen LogP contribution in [0.3, 0.4) is 0 Å². The average Bonchev–Trinajstić information content (AvgIpc) is 2.66. The Bertz CT molecular complexity index is 462. The molecule has 2 rings (SSSR count). The van der Waals surface area contributed by atoms with Gasteiger partial charge in [-0.1, -0.05) is 0 Å². The van der Waals surface area contributed by atoms with Gasteiger partial charge in [-0.3, -0.25) is 4.68 Å². The minimum atomic E-state index is 0.416. The van der Waals surface area contributed by atoms with Crippen molar-refractivity contribution in [2.45, 2.75) is 45.6 Å². The number of hydrogen-bond donors (Lipinski definition) is 1. The van der Waals surface area contributed by atoms with Crippen LogP contribution in [0.2, 0.25) is 0 Å². The lowest BCUT2D eigenvalue weighted by molar-refractivity contribution is 0.219. The zero-order valence-electron chi connectivity index (χ0n) is 12.5. The highest BCUT2D eigenvalue weighted by molar-refractivity contribution is 5.25. The van der Waals surface area contributed by atoms with E-state index in [0.717, 1.165) is 38.0 Å². The van der Waals surface area contributed by atoms with Gasteiger partial charge in [-0.25, -0.2) is 0 Å². The molecule has 1 aliphatic rings. The van der Waals surface area contributed by atoms with Crippen LogP contribution in [-0.4, -0.2) is 29.5 Å². The molecule has 1 N–H and O–H groups in total. The molecule has 0 saturated heterocycles. The predicted octanol–water partition coefficient (Wildman–Crippen LogP) is 2.25. The Balaban J connectivity index is 2.01. The molecule has 0 aliphatic carbocycles. The van der Waals surface area contributed by atoms with Crippen molar-refractivity contribution in [1.82, 2.24) is 15.1 Å². The van der Waals surface area contributed by atoms with Gasteiger partial charge in [-0.05, 0) is 57.7 Å². The van der Waals surface area contributed by atoms with E-state index in [0.29, 0.717) is 6.04 Å². The van der Waals surface area contributed by atoms with Crippen molar-refractivity contribution in [3.63, 3.8) is 0 Å². The molecule has 2 heterocycles. The fourth-order valence-corrected chi connectivity index (χ4v) is 2.82. The van der Waals surface area contributed by atoms with Crippen molar-refractivity contribution in [2.24, 2.45) is 7.05 Å². The Morgan fingerprint density at radius 3 is 2.79 bits per heavy atom. The number of likely N-dealkylation sites (N-methyl/N-ethyl adjacent to an activating group) is 1. The molecule has 106 valence electrons. The number of ether oxygens (including phenoxy) is 1. The molecular formula is C15H25N3O. The lowest BCUT2D eigenvalue weighted by atomic mass is 9.95. The van der Waals surface area contributed by atoms with E-state index in [-0.39, 0.29) is 0 Å². The number of nitrogens with one attached hydrogen (secondary N) is 1. The third-order valence-corrected chi connectivity index (χ3v) is 4.10. The van der Waals surface area contributed by atoms with Crippen LogP contribution in [0.1, 0.15) is 36.2 Å². The van der Waals surface area contributed by atoms with E-state index in [1.807, 2.05) is 25.0 Å². The summed E-state index contributed by atoms with van der Waals surface area (Å²) >= 11 is 0. The van der Waals surface area contributed by atoms with Crippen LogP contribution in [0.5, 0.6) is 0 Å². The second kappa shape index (κ2) is 6.24. The standard InChI is InChI=1S/C15H25N3O/c1-11-14(12(2)18(4)17-11)7-8-15(16-3)13-6-5-9-19-10-13/h10,15-16H,5-9H2,1-4H3. The number of aryl methyl sites for hydroxylation is 2. The van der Waals surface area contributed by atoms with Crippen molar-refractivity contribution in [3.05, 3.63) is 28.8 Å². The largest absolute Gasteiger partial charge is 0.501 e. The highest BCUT2D eigenvalue weighted by Gasteiger charge is 2.17. The predicted molar refractivity (Wildman–Crippen MR) is 77.1 cm³/mol.